The maximum Gasteiger partial charge on any atom is 0.286 e. The Bertz CT molecular complexity index is 1100. The second-order valence-corrected chi connectivity index (χ2v) is 11.9. The van der Waals surface area contributed by atoms with E-state index in [-0.39, 0.29) is 40.7 Å². The number of anilines is 1. The van der Waals surface area contributed by atoms with Crippen LogP contribution in [0.1, 0.15) is 33.1 Å². The summed E-state index contributed by atoms with van der Waals surface area (Å²) in [5.74, 6) is -2.05. The lowest BCUT2D eigenvalue weighted by molar-refractivity contribution is -0.150. The van der Waals surface area contributed by atoms with Crippen LogP contribution >= 0.6 is 22.6 Å². The smallest absolute Gasteiger partial charge is 0.286 e. The fraction of sp³-hybridized carbons (Fsp3) is 0.571. The second kappa shape index (κ2) is 7.51. The normalized spacial score (nSPS) is 33.2. The number of piperidine rings is 1. The van der Waals surface area contributed by atoms with Gasteiger partial charge in [-0.05, 0) is 66.0 Å². The molecule has 0 aromatic heterocycles. The number of nitrogens with one attached hydrogen (secondary N) is 1. The Hall–Kier alpha value is -1.53. The minimum absolute atomic E-state index is 0.0525. The lowest BCUT2D eigenvalue weighted by Crippen LogP contribution is -2.63. The molecule has 166 valence electrons. The summed E-state index contributed by atoms with van der Waals surface area (Å²) < 4.78 is 36.4. The Kier molecular flexibility index (Phi) is 5.17. The van der Waals surface area contributed by atoms with Gasteiger partial charge in [0.25, 0.3) is 10.0 Å². The zero-order valence-corrected chi connectivity index (χ0v) is 20.2. The minimum atomic E-state index is -4.02. The predicted molar refractivity (Wildman–Crippen MR) is 122 cm³/mol. The van der Waals surface area contributed by atoms with Crippen LogP contribution in [0.3, 0.4) is 0 Å². The van der Waals surface area contributed by atoms with E-state index >= 15 is 0 Å². The van der Waals surface area contributed by atoms with Crippen LogP contribution in [0, 0.1) is 21.3 Å². The quantitative estimate of drug-likeness (QED) is 0.451. The van der Waals surface area contributed by atoms with Crippen LogP contribution < -0.4 is 5.32 Å². The molecule has 1 aromatic carbocycles. The molecule has 10 heteroatoms. The Balaban J connectivity index is 1.54. The zero-order chi connectivity index (χ0) is 22.1. The van der Waals surface area contributed by atoms with E-state index in [0.29, 0.717) is 18.2 Å². The van der Waals surface area contributed by atoms with Gasteiger partial charge in [0, 0.05) is 10.1 Å². The van der Waals surface area contributed by atoms with Gasteiger partial charge in [0.1, 0.15) is 10.7 Å². The van der Waals surface area contributed by atoms with E-state index in [1.807, 2.05) is 22.6 Å². The highest BCUT2D eigenvalue weighted by atomic mass is 127. The number of carbonyl (C=O) groups is 2. The number of nitrogens with zero attached hydrogens (tertiary/aromatic N) is 2. The van der Waals surface area contributed by atoms with E-state index in [2.05, 4.69) is 23.6 Å². The molecule has 0 saturated carbocycles. The van der Waals surface area contributed by atoms with Crippen molar-refractivity contribution in [2.24, 2.45) is 22.2 Å². The van der Waals surface area contributed by atoms with Crippen molar-refractivity contribution in [1.82, 2.24) is 4.90 Å². The summed E-state index contributed by atoms with van der Waals surface area (Å²) in [6, 6.07) is 4.67. The molecule has 0 spiro atoms. The molecule has 4 aliphatic heterocycles. The average molecular weight is 557 g/mol. The number of Topliss-reactive ketones (excluding diaryl/α,β-unsaturated/α-hetero) is 1. The molecule has 1 aromatic rings. The highest BCUT2D eigenvalue weighted by molar-refractivity contribution is 14.1. The summed E-state index contributed by atoms with van der Waals surface area (Å²) in [5, 5.41) is 2.98. The number of ether oxygens (including phenoxy) is 1. The van der Waals surface area contributed by atoms with E-state index in [4.69, 9.17) is 4.74 Å². The van der Waals surface area contributed by atoms with Crippen LogP contribution in [0.4, 0.5) is 5.69 Å². The number of benzene rings is 1. The molecular formula is C21H24IN3O5S. The van der Waals surface area contributed by atoms with Crippen molar-refractivity contribution in [3.8, 4) is 0 Å². The highest BCUT2D eigenvalue weighted by Gasteiger charge is 2.61. The van der Waals surface area contributed by atoms with Gasteiger partial charge in [-0.3, -0.25) is 9.59 Å². The number of amides is 1. The van der Waals surface area contributed by atoms with Crippen molar-refractivity contribution in [2.75, 3.05) is 11.9 Å². The molecule has 5 atom stereocenters. The average Bonchev–Trinajstić information content (AvgIpc) is 3.30. The fourth-order valence-corrected chi connectivity index (χ4v) is 7.10. The first kappa shape index (κ1) is 21.3. The van der Waals surface area contributed by atoms with Crippen LogP contribution in [0.5, 0.6) is 0 Å². The van der Waals surface area contributed by atoms with Crippen molar-refractivity contribution in [3.63, 3.8) is 0 Å². The van der Waals surface area contributed by atoms with Gasteiger partial charge >= 0.3 is 0 Å². The lowest BCUT2D eigenvalue weighted by atomic mass is 9.73. The standard InChI is InChI=1S/C21H24IN3O5S/c1-10(2)7-8-25-18-14-6-5-13(30-14)16(18)19(26)17(21(25)27)20-23-12-4-3-11(22)9-15(12)31(28,29)24-20/h3-4,9-10,13-14,16-18H,5-8H2,1-2H3,(H,23,24). The molecule has 3 saturated heterocycles. The van der Waals surface area contributed by atoms with Gasteiger partial charge in [-0.1, -0.05) is 13.8 Å². The van der Waals surface area contributed by atoms with Gasteiger partial charge in [0.05, 0.1) is 29.9 Å². The molecule has 3 fully saturated rings. The monoisotopic (exact) mass is 557 g/mol. The SMILES string of the molecule is CC(C)CCN1C(=O)C(C2=NS(=O)(=O)c3cc(I)ccc3N2)C(=O)C2C3CCC(O3)C21. The number of likely N-dealkylation sites (tertiary alicyclic amines) is 1. The molecule has 1 amide bonds. The van der Waals surface area contributed by atoms with Gasteiger partial charge in [-0.2, -0.15) is 8.42 Å². The number of amidine groups is 1. The van der Waals surface area contributed by atoms with Crippen LogP contribution in [-0.2, 0) is 24.3 Å². The van der Waals surface area contributed by atoms with Crippen molar-refractivity contribution in [1.29, 1.82) is 0 Å². The van der Waals surface area contributed by atoms with Gasteiger partial charge in [-0.25, -0.2) is 0 Å². The van der Waals surface area contributed by atoms with Crippen molar-refractivity contribution in [3.05, 3.63) is 21.8 Å². The number of hydrogen-bond acceptors (Lipinski definition) is 6. The number of fused-ring (bicyclic) bond motifs is 6. The van der Waals surface area contributed by atoms with Crippen molar-refractivity contribution in [2.45, 2.75) is 56.3 Å². The fourth-order valence-electron chi connectivity index (χ4n) is 5.21. The first-order chi connectivity index (χ1) is 14.7. The predicted octanol–water partition coefficient (Wildman–Crippen LogP) is 2.42. The van der Waals surface area contributed by atoms with Gasteiger partial charge in [0.15, 0.2) is 11.7 Å². The first-order valence-corrected chi connectivity index (χ1v) is 13.1. The minimum Gasteiger partial charge on any atom is -0.372 e. The summed E-state index contributed by atoms with van der Waals surface area (Å²) in [7, 11) is -4.02. The highest BCUT2D eigenvalue weighted by Crippen LogP contribution is 2.47. The molecule has 1 N–H and O–H groups in total. The zero-order valence-electron chi connectivity index (χ0n) is 17.2. The Labute approximate surface area is 195 Å². The van der Waals surface area contributed by atoms with E-state index in [9.17, 15) is 18.0 Å². The van der Waals surface area contributed by atoms with E-state index in [1.54, 1.807) is 17.0 Å². The largest absolute Gasteiger partial charge is 0.372 e. The van der Waals surface area contributed by atoms with Gasteiger partial charge < -0.3 is 15.0 Å². The lowest BCUT2D eigenvalue weighted by Gasteiger charge is -2.44. The summed E-state index contributed by atoms with van der Waals surface area (Å²) in [6.07, 6.45) is 2.09. The molecule has 5 rings (SSSR count). The third-order valence-corrected chi connectivity index (χ3v) is 8.66. The second-order valence-electron chi connectivity index (χ2n) is 9.07. The molecule has 4 aliphatic rings. The Morgan fingerprint density at radius 1 is 1.26 bits per heavy atom. The van der Waals surface area contributed by atoms with Crippen LogP contribution in [0.25, 0.3) is 0 Å². The molecule has 2 bridgehead atoms. The maximum atomic E-state index is 13.6. The van der Waals surface area contributed by atoms with Gasteiger partial charge in [-0.15, -0.1) is 4.40 Å². The molecule has 31 heavy (non-hydrogen) atoms. The summed E-state index contributed by atoms with van der Waals surface area (Å²) >= 11 is 2.03. The van der Waals surface area contributed by atoms with Gasteiger partial charge in [0.2, 0.25) is 5.91 Å². The van der Waals surface area contributed by atoms with Crippen LogP contribution in [0.2, 0.25) is 0 Å². The molecule has 5 unspecified atom stereocenters. The third-order valence-electron chi connectivity index (χ3n) is 6.66. The van der Waals surface area contributed by atoms with Crippen LogP contribution in [-0.4, -0.2) is 55.6 Å². The number of ketones is 1. The number of carbonyl (C=O) groups excluding carboxylic acids is 2. The maximum absolute atomic E-state index is 13.6. The Morgan fingerprint density at radius 2 is 2.00 bits per heavy atom. The molecule has 8 nitrogen and oxygen atoms in total. The van der Waals surface area contributed by atoms with Crippen LogP contribution in [0.15, 0.2) is 27.5 Å². The summed E-state index contributed by atoms with van der Waals surface area (Å²) in [6.45, 7) is 4.69. The van der Waals surface area contributed by atoms with Crippen molar-refractivity contribution < 1.29 is 22.7 Å². The number of hydrogen-bond donors (Lipinski definition) is 1. The molecule has 0 aliphatic carbocycles. The van der Waals surface area contributed by atoms with E-state index in [0.717, 1.165) is 22.8 Å². The third kappa shape index (κ3) is 3.41. The van der Waals surface area contributed by atoms with Crippen molar-refractivity contribution >= 4 is 55.8 Å². The number of halogens is 1. The topological polar surface area (TPSA) is 105 Å². The first-order valence-electron chi connectivity index (χ1n) is 10.6. The molecule has 4 heterocycles. The number of sulfonamides is 1. The molecule has 0 radical (unpaired) electrons. The summed E-state index contributed by atoms with van der Waals surface area (Å²) in [4.78, 5) is 28.9. The number of rotatable bonds is 4. The summed E-state index contributed by atoms with van der Waals surface area (Å²) in [5.41, 5.74) is 0.339. The van der Waals surface area contributed by atoms with E-state index in [1.165, 1.54) is 6.07 Å². The Morgan fingerprint density at radius 3 is 2.74 bits per heavy atom. The van der Waals surface area contributed by atoms with E-state index < -0.39 is 21.9 Å². The molecular weight excluding hydrogens is 533 g/mol.